The molecule has 3 atom stereocenters. The molecule has 1 saturated heterocycles. The first-order valence-electron chi connectivity index (χ1n) is 10.5. The Kier molecular flexibility index (Phi) is 6.69. The summed E-state index contributed by atoms with van der Waals surface area (Å²) >= 11 is 12.0. The molecule has 1 aliphatic rings. The van der Waals surface area contributed by atoms with Gasteiger partial charge in [-0.2, -0.15) is 0 Å². The number of aryl methyl sites for hydroxylation is 1. The van der Waals surface area contributed by atoms with E-state index in [1.54, 1.807) is 17.0 Å². The second kappa shape index (κ2) is 9.48. The van der Waals surface area contributed by atoms with Crippen molar-refractivity contribution in [2.75, 3.05) is 6.54 Å². The number of likely N-dealkylation sites (tertiary alicyclic amines) is 1. The van der Waals surface area contributed by atoms with Gasteiger partial charge < -0.3 is 19.9 Å². The van der Waals surface area contributed by atoms with Crippen LogP contribution in [0.1, 0.15) is 48.2 Å². The van der Waals surface area contributed by atoms with Gasteiger partial charge in [0.1, 0.15) is 5.82 Å². The Labute approximate surface area is 197 Å². The largest absolute Gasteiger partial charge is 0.391 e. The minimum Gasteiger partial charge on any atom is -0.391 e. The van der Waals surface area contributed by atoms with Crippen molar-refractivity contribution in [2.24, 2.45) is 0 Å². The van der Waals surface area contributed by atoms with E-state index in [9.17, 15) is 9.90 Å². The molecule has 32 heavy (non-hydrogen) atoms. The van der Waals surface area contributed by atoms with Crippen LogP contribution in [0, 0.1) is 6.92 Å². The van der Waals surface area contributed by atoms with E-state index in [4.69, 9.17) is 23.2 Å². The molecule has 0 saturated carbocycles. The lowest BCUT2D eigenvalue weighted by atomic mass is 10.1. The number of aromatic nitrogens is 3. The summed E-state index contributed by atoms with van der Waals surface area (Å²) < 4.78 is 1.98. The van der Waals surface area contributed by atoms with E-state index >= 15 is 0 Å². The number of rotatable bonds is 5. The average molecular weight is 474 g/mol. The van der Waals surface area contributed by atoms with E-state index in [-0.39, 0.29) is 24.7 Å². The van der Waals surface area contributed by atoms with Crippen LogP contribution in [0.2, 0.25) is 10.0 Å². The second-order valence-electron chi connectivity index (χ2n) is 8.10. The SMILES string of the molecule is Cc1nnc(C2C[C@H](O)CN2C(=O)N[C@@H](C)c2ccc(Cl)cc2)n1Cc1ccc(Cl)cc1. The molecule has 9 heteroatoms. The van der Waals surface area contributed by atoms with E-state index in [0.717, 1.165) is 17.0 Å². The molecule has 2 heterocycles. The van der Waals surface area contributed by atoms with Gasteiger partial charge in [0.25, 0.3) is 0 Å². The van der Waals surface area contributed by atoms with Crippen LogP contribution in [0.25, 0.3) is 0 Å². The van der Waals surface area contributed by atoms with Crippen LogP contribution in [0.5, 0.6) is 0 Å². The maximum atomic E-state index is 13.1. The van der Waals surface area contributed by atoms with Gasteiger partial charge in [-0.05, 0) is 49.2 Å². The number of carbonyl (C=O) groups is 1. The summed E-state index contributed by atoms with van der Waals surface area (Å²) in [5.41, 5.74) is 1.99. The molecule has 0 aliphatic carbocycles. The monoisotopic (exact) mass is 473 g/mol. The zero-order valence-electron chi connectivity index (χ0n) is 17.9. The van der Waals surface area contributed by atoms with Crippen molar-refractivity contribution in [1.29, 1.82) is 0 Å². The first-order chi connectivity index (χ1) is 15.3. The molecular formula is C23H25Cl2N5O2. The Morgan fingerprint density at radius 2 is 1.75 bits per heavy atom. The summed E-state index contributed by atoms with van der Waals surface area (Å²) in [6, 6.07) is 14.1. The molecule has 2 amide bonds. The fraction of sp³-hybridized carbons (Fsp3) is 0.348. The number of aliphatic hydroxyl groups excluding tert-OH is 1. The molecule has 2 N–H and O–H groups in total. The fourth-order valence-corrected chi connectivity index (χ4v) is 4.25. The highest BCUT2D eigenvalue weighted by molar-refractivity contribution is 6.30. The van der Waals surface area contributed by atoms with Gasteiger partial charge in [0.2, 0.25) is 0 Å². The number of benzene rings is 2. The van der Waals surface area contributed by atoms with Crippen molar-refractivity contribution in [3.63, 3.8) is 0 Å². The zero-order valence-corrected chi connectivity index (χ0v) is 19.4. The van der Waals surface area contributed by atoms with E-state index < -0.39 is 6.10 Å². The quantitative estimate of drug-likeness (QED) is 0.570. The van der Waals surface area contributed by atoms with Crippen LogP contribution in [0.4, 0.5) is 4.79 Å². The van der Waals surface area contributed by atoms with Gasteiger partial charge in [-0.1, -0.05) is 47.5 Å². The molecule has 0 radical (unpaired) electrons. The molecule has 2 aromatic carbocycles. The first kappa shape index (κ1) is 22.6. The number of nitrogens with zero attached hydrogens (tertiary/aromatic N) is 4. The Hall–Kier alpha value is -2.61. The number of amides is 2. The number of nitrogens with one attached hydrogen (secondary N) is 1. The Morgan fingerprint density at radius 3 is 2.41 bits per heavy atom. The predicted octanol–water partition coefficient (Wildman–Crippen LogP) is 4.52. The van der Waals surface area contributed by atoms with Crippen molar-refractivity contribution >= 4 is 29.2 Å². The molecule has 168 valence electrons. The molecule has 0 bridgehead atoms. The molecule has 3 aromatic rings. The predicted molar refractivity (Wildman–Crippen MR) is 124 cm³/mol. The molecule has 1 aliphatic heterocycles. The van der Waals surface area contributed by atoms with Gasteiger partial charge in [-0.3, -0.25) is 0 Å². The van der Waals surface area contributed by atoms with Crippen LogP contribution in [0.3, 0.4) is 0 Å². The van der Waals surface area contributed by atoms with E-state index in [1.807, 2.05) is 54.8 Å². The average Bonchev–Trinajstić information content (AvgIpc) is 3.32. The highest BCUT2D eigenvalue weighted by Gasteiger charge is 2.39. The normalized spacial score (nSPS) is 19.2. The highest BCUT2D eigenvalue weighted by Crippen LogP contribution is 2.32. The summed E-state index contributed by atoms with van der Waals surface area (Å²) in [5, 5.41) is 23.3. The van der Waals surface area contributed by atoms with Crippen molar-refractivity contribution in [3.8, 4) is 0 Å². The molecule has 1 unspecified atom stereocenters. The lowest BCUT2D eigenvalue weighted by molar-refractivity contribution is 0.167. The number of halogens is 2. The van der Waals surface area contributed by atoms with E-state index in [1.165, 1.54) is 0 Å². The molecule has 1 aromatic heterocycles. The first-order valence-corrected chi connectivity index (χ1v) is 11.2. The van der Waals surface area contributed by atoms with Gasteiger partial charge in [0.15, 0.2) is 5.82 Å². The van der Waals surface area contributed by atoms with E-state index in [0.29, 0.717) is 28.8 Å². The van der Waals surface area contributed by atoms with Gasteiger partial charge in [0, 0.05) is 23.0 Å². The maximum absolute atomic E-state index is 13.1. The minimum atomic E-state index is -0.627. The summed E-state index contributed by atoms with van der Waals surface area (Å²) in [6.07, 6.45) is -0.223. The third-order valence-electron chi connectivity index (χ3n) is 5.77. The Morgan fingerprint density at radius 1 is 1.12 bits per heavy atom. The number of hydrogen-bond donors (Lipinski definition) is 2. The van der Waals surface area contributed by atoms with Crippen molar-refractivity contribution in [2.45, 2.75) is 45.0 Å². The zero-order chi connectivity index (χ0) is 22.8. The number of β-amino-alcohol motifs (C(OH)–C–C–N with tert-alkyl or cyclic N) is 1. The molecule has 0 spiro atoms. The summed E-state index contributed by atoms with van der Waals surface area (Å²) in [6.45, 7) is 4.58. The Bertz CT molecular complexity index is 1080. The lowest BCUT2D eigenvalue weighted by Gasteiger charge is -2.26. The molecule has 4 rings (SSSR count). The maximum Gasteiger partial charge on any atom is 0.318 e. The number of hydrogen-bond acceptors (Lipinski definition) is 4. The molecule has 1 fully saturated rings. The van der Waals surface area contributed by atoms with Crippen molar-refractivity contribution in [1.82, 2.24) is 25.0 Å². The van der Waals surface area contributed by atoms with Crippen LogP contribution in [-0.4, -0.2) is 43.5 Å². The lowest BCUT2D eigenvalue weighted by Crippen LogP contribution is -2.41. The standard InChI is InChI=1S/C23H25Cl2N5O2/c1-14(17-5-9-19(25)10-6-17)26-23(32)30-13-20(31)11-21(30)22-28-27-15(2)29(22)12-16-3-7-18(24)8-4-16/h3-10,14,20-21,31H,11-13H2,1-2H3,(H,26,32)/t14-,20-,21?/m0/s1. The fourth-order valence-electron chi connectivity index (χ4n) is 4.00. The molecule has 7 nitrogen and oxygen atoms in total. The molecular weight excluding hydrogens is 449 g/mol. The highest BCUT2D eigenvalue weighted by atomic mass is 35.5. The number of carbonyl (C=O) groups excluding carboxylic acids is 1. The summed E-state index contributed by atoms with van der Waals surface area (Å²) in [4.78, 5) is 14.8. The van der Waals surface area contributed by atoms with Crippen LogP contribution >= 0.6 is 23.2 Å². The van der Waals surface area contributed by atoms with E-state index in [2.05, 4.69) is 15.5 Å². The van der Waals surface area contributed by atoms with Crippen molar-refractivity contribution < 1.29 is 9.90 Å². The minimum absolute atomic E-state index is 0.216. The van der Waals surface area contributed by atoms with Gasteiger partial charge >= 0.3 is 6.03 Å². The topological polar surface area (TPSA) is 83.3 Å². The van der Waals surface area contributed by atoms with Crippen LogP contribution in [0.15, 0.2) is 48.5 Å². The van der Waals surface area contributed by atoms with Crippen LogP contribution in [-0.2, 0) is 6.54 Å². The third-order valence-corrected chi connectivity index (χ3v) is 6.27. The van der Waals surface area contributed by atoms with Gasteiger partial charge in [-0.25, -0.2) is 4.79 Å². The van der Waals surface area contributed by atoms with Gasteiger partial charge in [0.05, 0.1) is 24.7 Å². The van der Waals surface area contributed by atoms with Gasteiger partial charge in [-0.15, -0.1) is 10.2 Å². The smallest absolute Gasteiger partial charge is 0.318 e. The second-order valence-corrected chi connectivity index (χ2v) is 8.97. The van der Waals surface area contributed by atoms with Crippen LogP contribution < -0.4 is 5.32 Å². The number of aliphatic hydroxyl groups is 1. The number of urea groups is 1. The summed E-state index contributed by atoms with van der Waals surface area (Å²) in [5.74, 6) is 1.40. The summed E-state index contributed by atoms with van der Waals surface area (Å²) in [7, 11) is 0. The van der Waals surface area contributed by atoms with Crippen molar-refractivity contribution in [3.05, 3.63) is 81.4 Å². The third kappa shape index (κ3) is 4.90. The Balaban J connectivity index is 1.54.